The van der Waals surface area contributed by atoms with Gasteiger partial charge >= 0.3 is 12.1 Å². The number of aromatic nitrogens is 6. The fourth-order valence-electron chi connectivity index (χ4n) is 4.94. The first-order valence-electron chi connectivity index (χ1n) is 14.4. The van der Waals surface area contributed by atoms with Crippen molar-refractivity contribution < 1.29 is 29.0 Å². The molecule has 2 atom stereocenters. The summed E-state index contributed by atoms with van der Waals surface area (Å²) in [5.41, 5.74) is 3.38. The number of benzene rings is 2. The number of imidazole rings is 1. The second kappa shape index (κ2) is 15.1. The molecule has 0 radical (unpaired) electrons. The fraction of sp³-hybridized carbons (Fsp3) is 0.300. The average molecular weight is 650 g/mol. The number of ether oxygens (including phenoxy) is 2. The van der Waals surface area contributed by atoms with Crippen molar-refractivity contribution in [1.82, 2.24) is 35.5 Å². The molecule has 2 aromatic carbocycles. The number of halogens is 1. The quantitative estimate of drug-likeness (QED) is 0.129. The van der Waals surface area contributed by atoms with Crippen molar-refractivity contribution in [2.75, 3.05) is 31.0 Å². The zero-order valence-corrected chi connectivity index (χ0v) is 25.5. The van der Waals surface area contributed by atoms with E-state index in [9.17, 15) is 19.5 Å². The molecule has 2 aromatic heterocycles. The lowest BCUT2D eigenvalue weighted by Gasteiger charge is -2.21. The number of aromatic amines is 1. The number of nitrogens with zero attached hydrogens (tertiary/aromatic N) is 5. The second-order valence-electron chi connectivity index (χ2n) is 10.4. The average Bonchev–Trinajstić information content (AvgIpc) is 3.74. The van der Waals surface area contributed by atoms with Crippen molar-refractivity contribution in [1.29, 1.82) is 0 Å². The van der Waals surface area contributed by atoms with E-state index in [0.29, 0.717) is 70.4 Å². The number of carbonyl (C=O) groups is 3. The number of anilines is 2. The van der Waals surface area contributed by atoms with Crippen LogP contribution in [0.15, 0.2) is 55.0 Å². The van der Waals surface area contributed by atoms with Crippen LogP contribution in [0.2, 0.25) is 5.02 Å². The molecule has 0 saturated carbocycles. The van der Waals surface area contributed by atoms with E-state index in [2.05, 4.69) is 41.4 Å². The van der Waals surface area contributed by atoms with Crippen LogP contribution in [-0.4, -0.2) is 79.6 Å². The minimum absolute atomic E-state index is 0.0827. The zero-order chi connectivity index (χ0) is 32.5. The number of carbonyl (C=O) groups excluding carboxylic acids is 2. The molecular weight excluding hydrogens is 618 g/mol. The number of tetrazole rings is 1. The molecule has 1 aliphatic rings. The van der Waals surface area contributed by atoms with Crippen LogP contribution < -0.4 is 16.0 Å². The summed E-state index contributed by atoms with van der Waals surface area (Å²) in [6.45, 7) is 0.337. The molecule has 4 aromatic rings. The van der Waals surface area contributed by atoms with Gasteiger partial charge in [0.25, 0.3) is 0 Å². The minimum Gasteiger partial charge on any atom is -0.480 e. The number of amides is 2. The molecule has 3 heterocycles. The van der Waals surface area contributed by atoms with Crippen molar-refractivity contribution in [2.24, 2.45) is 0 Å². The number of carboxylic acids is 1. The van der Waals surface area contributed by atoms with Crippen LogP contribution in [0.4, 0.5) is 16.2 Å². The van der Waals surface area contributed by atoms with Gasteiger partial charge in [-0.1, -0.05) is 24.4 Å². The number of methoxy groups -OCH3 is 1. The lowest BCUT2D eigenvalue weighted by atomic mass is 10.0. The SMILES string of the molecule is COCCOC(=O)Nc1ccc2c(c1)N[C@@H](C(=O)O)CCCC[C@H](NC(=O)/C=C/c1cc(Cl)ccc1-n1cnnn1)c1ncc-2[nH]1. The Labute approximate surface area is 268 Å². The van der Waals surface area contributed by atoms with E-state index in [0.717, 1.165) is 0 Å². The Bertz CT molecular complexity index is 1710. The van der Waals surface area contributed by atoms with Gasteiger partial charge in [0.1, 0.15) is 24.8 Å². The molecule has 240 valence electrons. The number of rotatable bonds is 9. The van der Waals surface area contributed by atoms with E-state index in [4.69, 9.17) is 21.1 Å². The molecular formula is C30H32ClN9O6. The Balaban J connectivity index is 1.38. The molecule has 0 spiro atoms. The predicted octanol–water partition coefficient (Wildman–Crippen LogP) is 4.21. The van der Waals surface area contributed by atoms with E-state index < -0.39 is 24.1 Å². The summed E-state index contributed by atoms with van der Waals surface area (Å²) in [5, 5.41) is 30.5. The van der Waals surface area contributed by atoms with Gasteiger partial charge in [0.05, 0.1) is 30.2 Å². The monoisotopic (exact) mass is 649 g/mol. The zero-order valence-electron chi connectivity index (χ0n) is 24.8. The van der Waals surface area contributed by atoms with Gasteiger partial charge in [-0.05, 0) is 65.7 Å². The smallest absolute Gasteiger partial charge is 0.411 e. The van der Waals surface area contributed by atoms with E-state index in [-0.39, 0.29) is 19.1 Å². The van der Waals surface area contributed by atoms with E-state index >= 15 is 0 Å². The Hall–Kier alpha value is -5.28. The van der Waals surface area contributed by atoms with Gasteiger partial charge < -0.3 is 30.2 Å². The molecule has 5 N–H and O–H groups in total. The van der Waals surface area contributed by atoms with Gasteiger partial charge in [-0.2, -0.15) is 4.68 Å². The van der Waals surface area contributed by atoms with Gasteiger partial charge in [0.2, 0.25) is 5.91 Å². The summed E-state index contributed by atoms with van der Waals surface area (Å²) in [5.74, 6) is -0.835. The molecule has 2 bridgehead atoms. The highest BCUT2D eigenvalue weighted by molar-refractivity contribution is 6.30. The number of hydrogen-bond acceptors (Lipinski definition) is 10. The number of hydrogen-bond donors (Lipinski definition) is 5. The van der Waals surface area contributed by atoms with Crippen LogP contribution in [0.1, 0.15) is 43.1 Å². The first kappa shape index (κ1) is 32.1. The van der Waals surface area contributed by atoms with E-state index in [1.54, 1.807) is 48.7 Å². The maximum atomic E-state index is 13.1. The Morgan fingerprint density at radius 1 is 1.15 bits per heavy atom. The highest BCUT2D eigenvalue weighted by Crippen LogP contribution is 2.33. The van der Waals surface area contributed by atoms with Gasteiger partial charge in [-0.15, -0.1) is 5.10 Å². The fourth-order valence-corrected chi connectivity index (χ4v) is 5.12. The maximum Gasteiger partial charge on any atom is 0.411 e. The molecule has 0 fully saturated rings. The van der Waals surface area contributed by atoms with Crippen molar-refractivity contribution >= 4 is 47.0 Å². The lowest BCUT2D eigenvalue weighted by Crippen LogP contribution is -2.30. The lowest BCUT2D eigenvalue weighted by molar-refractivity contribution is -0.138. The molecule has 15 nitrogen and oxygen atoms in total. The first-order valence-corrected chi connectivity index (χ1v) is 14.8. The molecule has 0 unspecified atom stereocenters. The topological polar surface area (TPSA) is 198 Å². The summed E-state index contributed by atoms with van der Waals surface area (Å²) in [7, 11) is 1.50. The third-order valence-corrected chi connectivity index (χ3v) is 7.42. The molecule has 46 heavy (non-hydrogen) atoms. The van der Waals surface area contributed by atoms with Crippen LogP contribution >= 0.6 is 11.6 Å². The highest BCUT2D eigenvalue weighted by Gasteiger charge is 2.24. The van der Waals surface area contributed by atoms with E-state index in [1.807, 2.05) is 0 Å². The Morgan fingerprint density at radius 2 is 2.00 bits per heavy atom. The summed E-state index contributed by atoms with van der Waals surface area (Å²) in [6, 6.07) is 8.82. The number of aliphatic carboxylic acids is 1. The Morgan fingerprint density at radius 3 is 2.78 bits per heavy atom. The van der Waals surface area contributed by atoms with Gasteiger partial charge in [-0.25, -0.2) is 14.6 Å². The van der Waals surface area contributed by atoms with Crippen LogP contribution in [0.5, 0.6) is 0 Å². The third kappa shape index (κ3) is 8.25. The Kier molecular flexibility index (Phi) is 10.6. The van der Waals surface area contributed by atoms with E-state index in [1.165, 1.54) is 24.2 Å². The largest absolute Gasteiger partial charge is 0.480 e. The maximum absolute atomic E-state index is 13.1. The second-order valence-corrected chi connectivity index (χ2v) is 10.8. The molecule has 5 rings (SSSR count). The molecule has 16 heteroatoms. The standard InChI is InChI=1S/C30H32ClN9O6/c1-45-12-13-46-30(44)34-20-8-9-21-24(15-20)35-23(29(42)43)5-3-2-4-22(28-32-16-25(21)37-28)36-27(41)11-6-18-14-19(31)7-10-26(18)40-17-33-38-39-40/h6-11,14-17,22-23,35H,2-5,12-13H2,1H3,(H,32,37)(H,34,44)(H,36,41)(H,42,43)/b11-6+/t22-,23+/m0/s1. The van der Waals surface area contributed by atoms with Crippen molar-refractivity contribution in [3.63, 3.8) is 0 Å². The minimum atomic E-state index is -1.01. The van der Waals surface area contributed by atoms with Crippen LogP contribution in [0.25, 0.3) is 23.0 Å². The van der Waals surface area contributed by atoms with Crippen molar-refractivity contribution in [2.45, 2.75) is 37.8 Å². The number of fused-ring (bicyclic) bond motifs is 4. The number of H-pyrrole nitrogens is 1. The van der Waals surface area contributed by atoms with Gasteiger partial charge in [-0.3, -0.25) is 10.1 Å². The van der Waals surface area contributed by atoms with Crippen LogP contribution in [0, 0.1) is 0 Å². The van der Waals surface area contributed by atoms with Crippen molar-refractivity contribution in [3.8, 4) is 16.9 Å². The molecule has 1 aliphatic heterocycles. The number of carboxylic acid groups (broad SMARTS) is 1. The molecule has 0 aliphatic carbocycles. The summed E-state index contributed by atoms with van der Waals surface area (Å²) >= 11 is 6.20. The number of nitrogens with one attached hydrogen (secondary N) is 4. The predicted molar refractivity (Wildman–Crippen MR) is 168 cm³/mol. The van der Waals surface area contributed by atoms with Crippen molar-refractivity contribution in [3.05, 3.63) is 71.4 Å². The third-order valence-electron chi connectivity index (χ3n) is 7.18. The van der Waals surface area contributed by atoms with Crippen LogP contribution in [-0.2, 0) is 19.1 Å². The molecule has 0 saturated heterocycles. The molecule has 2 amide bonds. The normalized spacial score (nSPS) is 16.4. The van der Waals surface area contributed by atoms with Gasteiger partial charge in [0.15, 0.2) is 0 Å². The summed E-state index contributed by atoms with van der Waals surface area (Å²) < 4.78 is 11.4. The highest BCUT2D eigenvalue weighted by atomic mass is 35.5. The van der Waals surface area contributed by atoms with Gasteiger partial charge in [0, 0.05) is 40.7 Å². The summed E-state index contributed by atoms with van der Waals surface area (Å²) in [4.78, 5) is 45.4. The van der Waals surface area contributed by atoms with Crippen LogP contribution in [0.3, 0.4) is 0 Å². The summed E-state index contributed by atoms with van der Waals surface area (Å²) in [6.07, 6.45) is 7.46. The first-order chi connectivity index (χ1) is 22.3.